The number of hydrogen-bond acceptors (Lipinski definition) is 2. The first-order chi connectivity index (χ1) is 8.30. The van der Waals surface area contributed by atoms with E-state index in [9.17, 15) is 4.79 Å². The highest BCUT2D eigenvalue weighted by Crippen LogP contribution is 2.39. The van der Waals surface area contributed by atoms with Crippen LogP contribution in [0, 0.1) is 0 Å². The molecule has 1 aromatic rings. The third-order valence-electron chi connectivity index (χ3n) is 3.29. The molecule has 3 nitrogen and oxygen atoms in total. The first-order valence-electron chi connectivity index (χ1n) is 6.35. The van der Waals surface area contributed by atoms with Gasteiger partial charge in [0.25, 0.3) is 5.91 Å². The van der Waals surface area contributed by atoms with E-state index in [-0.39, 0.29) is 5.91 Å². The molecule has 17 heavy (non-hydrogen) atoms. The number of ether oxygens (including phenoxy) is 1. The van der Waals surface area contributed by atoms with E-state index < -0.39 is 5.60 Å². The molecule has 3 heteroatoms. The summed E-state index contributed by atoms with van der Waals surface area (Å²) in [6.45, 7) is 4.58. The average molecular weight is 233 g/mol. The van der Waals surface area contributed by atoms with Gasteiger partial charge in [-0.25, -0.2) is 0 Å². The van der Waals surface area contributed by atoms with Crippen molar-refractivity contribution >= 4 is 5.91 Å². The molecule has 0 unspecified atom stereocenters. The number of para-hydroxylation sites is 1. The van der Waals surface area contributed by atoms with Crippen LogP contribution in [0.2, 0.25) is 0 Å². The van der Waals surface area contributed by atoms with Crippen molar-refractivity contribution in [1.29, 1.82) is 0 Å². The molecule has 0 radical (unpaired) electrons. The number of carbonyl (C=O) groups excluding carboxylic acids is 1. The second kappa shape index (κ2) is 4.78. The van der Waals surface area contributed by atoms with Crippen molar-refractivity contribution in [2.75, 3.05) is 0 Å². The van der Waals surface area contributed by atoms with Gasteiger partial charge in [-0.2, -0.15) is 0 Å². The molecule has 0 saturated heterocycles. The fourth-order valence-electron chi connectivity index (χ4n) is 2.17. The van der Waals surface area contributed by atoms with Crippen LogP contribution >= 0.6 is 0 Å². The van der Waals surface area contributed by atoms with Gasteiger partial charge < -0.3 is 10.1 Å². The fraction of sp³-hybridized carbons (Fsp3) is 0.500. The van der Waals surface area contributed by atoms with Gasteiger partial charge in [0.15, 0.2) is 5.60 Å². The summed E-state index contributed by atoms with van der Waals surface area (Å²) in [4.78, 5) is 11.9. The smallest absolute Gasteiger partial charge is 0.264 e. The normalized spacial score (nSPS) is 19.8. The SMILES string of the molecule is CC.O=C1NCc2ccccc2OC12CCC2. The number of nitrogens with one attached hydrogen (secondary N) is 1. The van der Waals surface area contributed by atoms with E-state index in [0.29, 0.717) is 6.54 Å². The van der Waals surface area contributed by atoms with Gasteiger partial charge in [-0.15, -0.1) is 0 Å². The second-order valence-electron chi connectivity index (χ2n) is 4.24. The molecule has 92 valence electrons. The minimum Gasteiger partial charge on any atom is -0.477 e. The Morgan fingerprint density at radius 2 is 1.94 bits per heavy atom. The third kappa shape index (κ3) is 2.02. The Bertz CT molecular complexity index is 410. The molecule has 1 spiro atoms. The van der Waals surface area contributed by atoms with Crippen LogP contribution in [0.25, 0.3) is 0 Å². The summed E-state index contributed by atoms with van der Waals surface area (Å²) in [5.74, 6) is 0.903. The van der Waals surface area contributed by atoms with Gasteiger partial charge in [0.1, 0.15) is 5.75 Å². The summed E-state index contributed by atoms with van der Waals surface area (Å²) in [7, 11) is 0. The zero-order valence-electron chi connectivity index (χ0n) is 10.5. The van der Waals surface area contributed by atoms with Gasteiger partial charge in [-0.05, 0) is 25.3 Å². The van der Waals surface area contributed by atoms with E-state index in [1.807, 2.05) is 38.1 Å². The Hall–Kier alpha value is -1.51. The monoisotopic (exact) mass is 233 g/mol. The van der Waals surface area contributed by atoms with E-state index in [2.05, 4.69) is 5.32 Å². The van der Waals surface area contributed by atoms with Crippen LogP contribution in [-0.4, -0.2) is 11.5 Å². The van der Waals surface area contributed by atoms with Gasteiger partial charge in [-0.1, -0.05) is 32.0 Å². The van der Waals surface area contributed by atoms with Crippen molar-refractivity contribution < 1.29 is 9.53 Å². The quantitative estimate of drug-likeness (QED) is 0.748. The number of hydrogen-bond donors (Lipinski definition) is 1. The lowest BCUT2D eigenvalue weighted by molar-refractivity contribution is -0.143. The van der Waals surface area contributed by atoms with Crippen LogP contribution in [0.15, 0.2) is 24.3 Å². The minimum atomic E-state index is -0.563. The number of benzene rings is 1. The van der Waals surface area contributed by atoms with Gasteiger partial charge >= 0.3 is 0 Å². The number of amides is 1. The van der Waals surface area contributed by atoms with Crippen molar-refractivity contribution in [2.24, 2.45) is 0 Å². The number of carbonyl (C=O) groups is 1. The predicted molar refractivity (Wildman–Crippen MR) is 66.8 cm³/mol. The van der Waals surface area contributed by atoms with Crippen LogP contribution in [0.4, 0.5) is 0 Å². The van der Waals surface area contributed by atoms with E-state index in [0.717, 1.165) is 30.6 Å². The Morgan fingerprint density at radius 3 is 2.59 bits per heavy atom. The van der Waals surface area contributed by atoms with Crippen LogP contribution in [0.5, 0.6) is 5.75 Å². The van der Waals surface area contributed by atoms with Crippen LogP contribution in [0.3, 0.4) is 0 Å². The first-order valence-corrected chi connectivity index (χ1v) is 6.35. The summed E-state index contributed by atoms with van der Waals surface area (Å²) < 4.78 is 5.88. The molecule has 1 saturated carbocycles. The molecule has 1 fully saturated rings. The molecule has 1 aliphatic carbocycles. The van der Waals surface area contributed by atoms with Crippen molar-refractivity contribution in [3.8, 4) is 5.75 Å². The van der Waals surface area contributed by atoms with Crippen molar-refractivity contribution in [2.45, 2.75) is 45.3 Å². The zero-order chi connectivity index (χ0) is 12.3. The highest BCUT2D eigenvalue weighted by molar-refractivity contribution is 5.87. The average Bonchev–Trinajstić information content (AvgIpc) is 2.49. The van der Waals surface area contributed by atoms with Crippen molar-refractivity contribution in [1.82, 2.24) is 5.32 Å². The van der Waals surface area contributed by atoms with Gasteiger partial charge in [0.2, 0.25) is 0 Å². The van der Waals surface area contributed by atoms with Gasteiger partial charge in [-0.3, -0.25) is 4.79 Å². The van der Waals surface area contributed by atoms with Gasteiger partial charge in [0.05, 0.1) is 0 Å². The minimum absolute atomic E-state index is 0.0463. The molecule has 0 bridgehead atoms. The Morgan fingerprint density at radius 1 is 1.24 bits per heavy atom. The van der Waals surface area contributed by atoms with E-state index >= 15 is 0 Å². The summed E-state index contributed by atoms with van der Waals surface area (Å²) in [5, 5.41) is 2.93. The molecule has 1 amide bonds. The molecule has 0 atom stereocenters. The molecule has 2 aliphatic rings. The zero-order valence-corrected chi connectivity index (χ0v) is 10.5. The van der Waals surface area contributed by atoms with Crippen LogP contribution in [-0.2, 0) is 11.3 Å². The summed E-state index contributed by atoms with van der Waals surface area (Å²) >= 11 is 0. The molecule has 1 aliphatic heterocycles. The lowest BCUT2D eigenvalue weighted by Gasteiger charge is -2.38. The molecule has 1 N–H and O–H groups in total. The number of fused-ring (bicyclic) bond motifs is 1. The van der Waals surface area contributed by atoms with E-state index in [1.54, 1.807) is 0 Å². The maximum Gasteiger partial charge on any atom is 0.264 e. The highest BCUT2D eigenvalue weighted by atomic mass is 16.5. The van der Waals surface area contributed by atoms with E-state index in [1.165, 1.54) is 0 Å². The standard InChI is InChI=1S/C12H13NO2.C2H6/c14-11-12(6-3-7-12)15-10-5-2-1-4-9(10)8-13-11;1-2/h1-2,4-5H,3,6-8H2,(H,13,14);1-2H3. The fourth-order valence-corrected chi connectivity index (χ4v) is 2.17. The van der Waals surface area contributed by atoms with E-state index in [4.69, 9.17) is 4.74 Å². The third-order valence-corrected chi connectivity index (χ3v) is 3.29. The molecule has 1 aromatic carbocycles. The highest BCUT2D eigenvalue weighted by Gasteiger charge is 2.48. The maximum atomic E-state index is 11.9. The summed E-state index contributed by atoms with van der Waals surface area (Å²) in [6, 6.07) is 7.84. The molecule has 1 heterocycles. The lowest BCUT2D eigenvalue weighted by atomic mass is 9.79. The second-order valence-corrected chi connectivity index (χ2v) is 4.24. The van der Waals surface area contributed by atoms with Crippen LogP contribution in [0.1, 0.15) is 38.7 Å². The Kier molecular flexibility index (Phi) is 3.36. The molecule has 3 rings (SSSR count). The van der Waals surface area contributed by atoms with Gasteiger partial charge in [0, 0.05) is 12.1 Å². The molecular formula is C14H19NO2. The predicted octanol–water partition coefficient (Wildman–Crippen LogP) is 2.64. The Labute approximate surface area is 102 Å². The summed E-state index contributed by atoms with van der Waals surface area (Å²) in [5.41, 5.74) is 0.502. The van der Waals surface area contributed by atoms with Crippen molar-refractivity contribution in [3.05, 3.63) is 29.8 Å². The topological polar surface area (TPSA) is 38.3 Å². The molecule has 0 aromatic heterocycles. The van der Waals surface area contributed by atoms with Crippen molar-refractivity contribution in [3.63, 3.8) is 0 Å². The largest absolute Gasteiger partial charge is 0.477 e. The molecular weight excluding hydrogens is 214 g/mol. The number of rotatable bonds is 0. The first kappa shape index (κ1) is 12.0. The lowest BCUT2D eigenvalue weighted by Crippen LogP contribution is -2.54. The Balaban J connectivity index is 0.000000514. The maximum absolute atomic E-state index is 11.9. The summed E-state index contributed by atoms with van der Waals surface area (Å²) in [6.07, 6.45) is 2.76. The van der Waals surface area contributed by atoms with Crippen LogP contribution < -0.4 is 10.1 Å².